The molecule has 0 atom stereocenters. The van der Waals surface area contributed by atoms with Gasteiger partial charge in [0.15, 0.2) is 0 Å². The van der Waals surface area contributed by atoms with Crippen LogP contribution < -0.4 is 0 Å². The molecule has 0 aromatic carbocycles. The zero-order chi connectivity index (χ0) is 16.1. The zero-order valence-electron chi connectivity index (χ0n) is 12.5. The van der Waals surface area contributed by atoms with Crippen LogP contribution in [0.3, 0.4) is 0 Å². The van der Waals surface area contributed by atoms with Crippen LogP contribution >= 0.6 is 11.3 Å². The minimum absolute atomic E-state index is 0.0722. The molecule has 6 nitrogen and oxygen atoms in total. The van der Waals surface area contributed by atoms with Gasteiger partial charge in [-0.15, -0.1) is 11.3 Å². The van der Waals surface area contributed by atoms with Crippen LogP contribution in [-0.4, -0.2) is 40.0 Å². The smallest absolute Gasteiger partial charge is 0.305 e. The largest absolute Gasteiger partial charge is 0.481 e. The first-order valence-electron chi connectivity index (χ1n) is 6.96. The minimum Gasteiger partial charge on any atom is -0.481 e. The number of amides is 1. The predicted molar refractivity (Wildman–Crippen MR) is 82.8 cm³/mol. The molecule has 2 aromatic rings. The van der Waals surface area contributed by atoms with Crippen LogP contribution in [-0.2, 0) is 4.79 Å². The van der Waals surface area contributed by atoms with Gasteiger partial charge in [0.25, 0.3) is 5.91 Å². The number of nitrogens with zero attached hydrogens (tertiary/aromatic N) is 2. The van der Waals surface area contributed by atoms with E-state index in [9.17, 15) is 9.59 Å². The number of carbonyl (C=O) groups excluding carboxylic acids is 1. The summed E-state index contributed by atoms with van der Waals surface area (Å²) in [5, 5.41) is 11.2. The Bertz CT molecular complexity index is 634. The summed E-state index contributed by atoms with van der Waals surface area (Å²) in [6, 6.07) is 1.78. The van der Waals surface area contributed by atoms with E-state index in [0.717, 1.165) is 5.56 Å². The highest BCUT2D eigenvalue weighted by Crippen LogP contribution is 2.24. The van der Waals surface area contributed by atoms with Gasteiger partial charge in [0.1, 0.15) is 17.0 Å². The Hall–Kier alpha value is -2.15. The van der Waals surface area contributed by atoms with Crippen LogP contribution in [0.5, 0.6) is 0 Å². The number of rotatable bonds is 7. The summed E-state index contributed by atoms with van der Waals surface area (Å²) in [7, 11) is 0. The first-order valence-corrected chi connectivity index (χ1v) is 7.84. The van der Waals surface area contributed by atoms with Gasteiger partial charge in [-0.05, 0) is 12.0 Å². The van der Waals surface area contributed by atoms with Gasteiger partial charge in [-0.2, -0.15) is 0 Å². The Morgan fingerprint density at radius 3 is 2.82 bits per heavy atom. The molecule has 0 aliphatic heterocycles. The summed E-state index contributed by atoms with van der Waals surface area (Å²) in [4.78, 5) is 29.2. The van der Waals surface area contributed by atoms with E-state index in [0.29, 0.717) is 17.2 Å². The Labute approximate surface area is 132 Å². The van der Waals surface area contributed by atoms with Gasteiger partial charge in [0.05, 0.1) is 12.7 Å². The second-order valence-electron chi connectivity index (χ2n) is 5.34. The second-order valence-corrected chi connectivity index (χ2v) is 6.20. The summed E-state index contributed by atoms with van der Waals surface area (Å²) < 4.78 is 5.01. The van der Waals surface area contributed by atoms with Crippen molar-refractivity contribution in [1.29, 1.82) is 0 Å². The van der Waals surface area contributed by atoms with Crippen LogP contribution in [0.2, 0.25) is 0 Å². The monoisotopic (exact) mass is 322 g/mol. The molecule has 0 saturated carbocycles. The molecule has 0 aliphatic carbocycles. The average Bonchev–Trinajstić information content (AvgIpc) is 3.11. The molecule has 0 saturated heterocycles. The molecule has 0 spiro atoms. The standard InChI is InChI=1S/C15H18N2O4S/c1-10(2)7-17(5-3-13(18)19)15(20)12-9-22-14(16-12)11-4-6-21-8-11/h4,6,8-10H,3,5,7H2,1-2H3,(H,18,19). The number of carbonyl (C=O) groups is 2. The van der Waals surface area contributed by atoms with Crippen molar-refractivity contribution in [3.63, 3.8) is 0 Å². The fourth-order valence-corrected chi connectivity index (χ4v) is 2.78. The average molecular weight is 322 g/mol. The number of aliphatic carboxylic acids is 1. The molecule has 0 fully saturated rings. The summed E-state index contributed by atoms with van der Waals surface area (Å²) >= 11 is 1.36. The topological polar surface area (TPSA) is 83.6 Å². The van der Waals surface area contributed by atoms with Gasteiger partial charge in [-0.25, -0.2) is 4.98 Å². The van der Waals surface area contributed by atoms with Gasteiger partial charge in [-0.1, -0.05) is 13.8 Å². The third-order valence-corrected chi connectivity index (χ3v) is 3.85. The van der Waals surface area contributed by atoms with E-state index in [4.69, 9.17) is 9.52 Å². The van der Waals surface area contributed by atoms with Crippen molar-refractivity contribution in [2.45, 2.75) is 20.3 Å². The molecule has 2 rings (SSSR count). The lowest BCUT2D eigenvalue weighted by molar-refractivity contribution is -0.137. The number of hydrogen-bond acceptors (Lipinski definition) is 5. The number of hydrogen-bond donors (Lipinski definition) is 1. The molecule has 0 unspecified atom stereocenters. The predicted octanol–water partition coefficient (Wildman–Crippen LogP) is 2.98. The highest BCUT2D eigenvalue weighted by molar-refractivity contribution is 7.13. The van der Waals surface area contributed by atoms with E-state index < -0.39 is 5.97 Å². The molecular formula is C15H18N2O4S. The molecule has 2 aromatic heterocycles. The van der Waals surface area contributed by atoms with E-state index in [1.807, 2.05) is 13.8 Å². The second kappa shape index (κ2) is 7.22. The fraction of sp³-hybridized carbons (Fsp3) is 0.400. The van der Waals surface area contributed by atoms with E-state index in [-0.39, 0.29) is 24.8 Å². The van der Waals surface area contributed by atoms with Crippen molar-refractivity contribution >= 4 is 23.2 Å². The van der Waals surface area contributed by atoms with Crippen molar-refractivity contribution in [2.24, 2.45) is 5.92 Å². The number of aromatic nitrogens is 1. The highest BCUT2D eigenvalue weighted by atomic mass is 32.1. The van der Waals surface area contributed by atoms with Gasteiger partial charge < -0.3 is 14.4 Å². The van der Waals surface area contributed by atoms with E-state index in [1.54, 1.807) is 28.9 Å². The lowest BCUT2D eigenvalue weighted by atomic mass is 10.2. The lowest BCUT2D eigenvalue weighted by Crippen LogP contribution is -2.36. The van der Waals surface area contributed by atoms with Crippen molar-refractivity contribution in [2.75, 3.05) is 13.1 Å². The summed E-state index contributed by atoms with van der Waals surface area (Å²) in [6.07, 6.45) is 3.05. The van der Waals surface area contributed by atoms with Gasteiger partial charge >= 0.3 is 5.97 Å². The fourth-order valence-electron chi connectivity index (χ4n) is 2.00. The number of carboxylic acid groups (broad SMARTS) is 1. The molecule has 1 N–H and O–H groups in total. The van der Waals surface area contributed by atoms with Crippen molar-refractivity contribution < 1.29 is 19.1 Å². The van der Waals surface area contributed by atoms with Crippen molar-refractivity contribution in [3.05, 3.63) is 29.7 Å². The number of carboxylic acids is 1. The Morgan fingerprint density at radius 2 is 2.23 bits per heavy atom. The highest BCUT2D eigenvalue weighted by Gasteiger charge is 2.21. The first-order chi connectivity index (χ1) is 10.5. The summed E-state index contributed by atoms with van der Waals surface area (Å²) in [5.41, 5.74) is 1.16. The zero-order valence-corrected chi connectivity index (χ0v) is 13.3. The molecular weight excluding hydrogens is 304 g/mol. The lowest BCUT2D eigenvalue weighted by Gasteiger charge is -2.23. The minimum atomic E-state index is -0.918. The molecule has 0 bridgehead atoms. The van der Waals surface area contributed by atoms with Gasteiger partial charge in [-0.3, -0.25) is 9.59 Å². The van der Waals surface area contributed by atoms with E-state index >= 15 is 0 Å². The molecule has 2 heterocycles. The third-order valence-electron chi connectivity index (χ3n) is 2.96. The normalized spacial score (nSPS) is 10.9. The number of thiazole rings is 1. The van der Waals surface area contributed by atoms with Gasteiger partial charge in [0, 0.05) is 24.0 Å². The summed E-state index contributed by atoms with van der Waals surface area (Å²) in [5.74, 6) is -0.899. The Balaban J connectivity index is 2.13. The van der Waals surface area contributed by atoms with Crippen LogP contribution in [0.25, 0.3) is 10.6 Å². The third kappa shape index (κ3) is 4.17. The van der Waals surface area contributed by atoms with Crippen LogP contribution in [0.4, 0.5) is 0 Å². The number of furan rings is 1. The van der Waals surface area contributed by atoms with Gasteiger partial charge in [0.2, 0.25) is 0 Å². The maximum atomic E-state index is 12.5. The van der Waals surface area contributed by atoms with Crippen molar-refractivity contribution in [3.8, 4) is 10.6 Å². The van der Waals surface area contributed by atoms with Crippen molar-refractivity contribution in [1.82, 2.24) is 9.88 Å². The molecule has 7 heteroatoms. The molecule has 0 aliphatic rings. The molecule has 1 amide bonds. The summed E-state index contributed by atoms with van der Waals surface area (Å²) in [6.45, 7) is 4.66. The van der Waals surface area contributed by atoms with E-state index in [1.165, 1.54) is 11.3 Å². The maximum Gasteiger partial charge on any atom is 0.305 e. The first kappa shape index (κ1) is 16.2. The molecule has 0 radical (unpaired) electrons. The van der Waals surface area contributed by atoms with Crippen LogP contribution in [0.1, 0.15) is 30.8 Å². The van der Waals surface area contributed by atoms with E-state index in [2.05, 4.69) is 4.98 Å². The Morgan fingerprint density at radius 1 is 1.45 bits per heavy atom. The molecule has 22 heavy (non-hydrogen) atoms. The molecule has 118 valence electrons. The SMILES string of the molecule is CC(C)CN(CCC(=O)O)C(=O)c1csc(-c2ccoc2)n1. The van der Waals surface area contributed by atoms with Crippen LogP contribution in [0, 0.1) is 5.92 Å². The quantitative estimate of drug-likeness (QED) is 0.847. The Kier molecular flexibility index (Phi) is 5.32. The van der Waals surface area contributed by atoms with Crippen LogP contribution in [0.15, 0.2) is 28.4 Å². The maximum absolute atomic E-state index is 12.5.